The molecule has 1 aliphatic rings. The fourth-order valence-corrected chi connectivity index (χ4v) is 4.50. The molecule has 0 aliphatic carbocycles. The number of likely N-dealkylation sites (tertiary alicyclic amines) is 1. The van der Waals surface area contributed by atoms with Gasteiger partial charge in [-0.3, -0.25) is 4.79 Å². The van der Waals surface area contributed by atoms with Crippen LogP contribution in [0.1, 0.15) is 48.2 Å². The number of fused-ring (bicyclic) bond motifs is 1. The van der Waals surface area contributed by atoms with E-state index in [4.69, 9.17) is 32.0 Å². The maximum Gasteiger partial charge on any atom is 0.490 e. The number of aryl methyl sites for hydroxylation is 1. The molecule has 0 radical (unpaired) electrons. The number of carbonyl (C=O) groups is 2. The molecule has 200 valence electrons. The Morgan fingerprint density at radius 3 is 2.38 bits per heavy atom. The lowest BCUT2D eigenvalue weighted by Crippen LogP contribution is -2.47. The van der Waals surface area contributed by atoms with Gasteiger partial charge in [-0.2, -0.15) is 18.3 Å². The van der Waals surface area contributed by atoms with Gasteiger partial charge in [0.2, 0.25) is 5.91 Å². The van der Waals surface area contributed by atoms with Gasteiger partial charge in [-0.15, -0.1) is 0 Å². The molecule has 3 N–H and O–H groups in total. The van der Waals surface area contributed by atoms with Gasteiger partial charge in [-0.1, -0.05) is 11.6 Å². The Balaban J connectivity index is 0.000000479. The van der Waals surface area contributed by atoms with E-state index in [1.54, 1.807) is 14.0 Å². The number of nitrogens with two attached hydrogens (primary N) is 1. The topological polar surface area (TPSA) is 136 Å². The Bertz CT molecular complexity index is 1350. The first-order valence-corrected chi connectivity index (χ1v) is 11.4. The molecule has 4 rings (SSSR count). The zero-order valence-electron chi connectivity index (χ0n) is 20.7. The summed E-state index contributed by atoms with van der Waals surface area (Å²) < 4.78 is 39.5. The molecule has 0 spiro atoms. The van der Waals surface area contributed by atoms with Crippen molar-refractivity contribution in [3.8, 4) is 5.75 Å². The smallest absolute Gasteiger partial charge is 0.490 e. The van der Waals surface area contributed by atoms with E-state index in [1.165, 1.54) is 6.33 Å². The summed E-state index contributed by atoms with van der Waals surface area (Å²) in [6, 6.07) is 1.73. The summed E-state index contributed by atoms with van der Waals surface area (Å²) in [5.41, 5.74) is 10.4. The number of methoxy groups -OCH3 is 1. The highest BCUT2D eigenvalue weighted by atomic mass is 35.5. The SMILES string of the molecule is COc1c(C(C)n2nc(C)c3c(N)ncnc32)cc(Cl)c(C)c1C1CN(C(C)=O)C1.O=C(O)C(F)(F)F. The highest BCUT2D eigenvalue weighted by Gasteiger charge is 2.38. The number of aliphatic carboxylic acids is 1. The first-order valence-electron chi connectivity index (χ1n) is 11.1. The molecular formula is C23H26ClF3N6O4. The van der Waals surface area contributed by atoms with Gasteiger partial charge in [0.15, 0.2) is 5.65 Å². The van der Waals surface area contributed by atoms with Gasteiger partial charge in [0.25, 0.3) is 0 Å². The van der Waals surface area contributed by atoms with Crippen molar-refractivity contribution in [2.45, 2.75) is 45.8 Å². The van der Waals surface area contributed by atoms with Crippen LogP contribution in [0.4, 0.5) is 19.0 Å². The molecular weight excluding hydrogens is 517 g/mol. The number of ether oxygens (including phenoxy) is 1. The molecule has 10 nitrogen and oxygen atoms in total. The molecule has 0 saturated carbocycles. The van der Waals surface area contributed by atoms with Gasteiger partial charge >= 0.3 is 12.1 Å². The lowest BCUT2D eigenvalue weighted by molar-refractivity contribution is -0.192. The number of amides is 1. The van der Waals surface area contributed by atoms with E-state index in [-0.39, 0.29) is 17.9 Å². The van der Waals surface area contributed by atoms with Crippen LogP contribution >= 0.6 is 11.6 Å². The summed E-state index contributed by atoms with van der Waals surface area (Å²) in [5, 5.41) is 13.2. The fraction of sp³-hybridized carbons (Fsp3) is 0.435. The highest BCUT2D eigenvalue weighted by molar-refractivity contribution is 6.31. The average Bonchev–Trinajstić information content (AvgIpc) is 3.12. The molecule has 3 aromatic rings. The Morgan fingerprint density at radius 2 is 1.86 bits per heavy atom. The van der Waals surface area contributed by atoms with Gasteiger partial charge in [0, 0.05) is 42.1 Å². The maximum absolute atomic E-state index is 11.7. The van der Waals surface area contributed by atoms with Crippen LogP contribution in [0.15, 0.2) is 12.4 Å². The number of halogens is 4. The zero-order chi connectivity index (χ0) is 27.8. The molecule has 1 aromatic carbocycles. The number of carboxylic acid groups (broad SMARTS) is 1. The number of nitrogen functional groups attached to an aromatic ring is 1. The molecule has 1 saturated heterocycles. The van der Waals surface area contributed by atoms with Gasteiger partial charge in [0.05, 0.1) is 24.2 Å². The predicted molar refractivity (Wildman–Crippen MR) is 130 cm³/mol. The molecule has 1 unspecified atom stereocenters. The van der Waals surface area contributed by atoms with Crippen molar-refractivity contribution in [2.24, 2.45) is 0 Å². The first-order chi connectivity index (χ1) is 17.2. The van der Waals surface area contributed by atoms with Crippen LogP contribution < -0.4 is 10.5 Å². The minimum atomic E-state index is -5.08. The number of carboxylic acids is 1. The third-order valence-electron chi connectivity index (χ3n) is 6.24. The number of aromatic nitrogens is 4. The third-order valence-corrected chi connectivity index (χ3v) is 6.64. The molecule has 3 heterocycles. The van der Waals surface area contributed by atoms with Crippen molar-refractivity contribution in [1.29, 1.82) is 0 Å². The van der Waals surface area contributed by atoms with Gasteiger partial charge in [-0.05, 0) is 32.4 Å². The van der Waals surface area contributed by atoms with Crippen LogP contribution in [0.25, 0.3) is 11.0 Å². The highest BCUT2D eigenvalue weighted by Crippen LogP contribution is 2.44. The molecule has 1 amide bonds. The van der Waals surface area contributed by atoms with E-state index in [0.29, 0.717) is 29.6 Å². The van der Waals surface area contributed by atoms with Crippen LogP contribution in [0, 0.1) is 13.8 Å². The molecule has 0 bridgehead atoms. The number of anilines is 1. The quantitative estimate of drug-likeness (QED) is 0.507. The molecule has 1 atom stereocenters. The van der Waals surface area contributed by atoms with E-state index in [9.17, 15) is 18.0 Å². The lowest BCUT2D eigenvalue weighted by atomic mass is 9.85. The third kappa shape index (κ3) is 5.41. The second-order valence-corrected chi connectivity index (χ2v) is 9.01. The fourth-order valence-electron chi connectivity index (χ4n) is 4.28. The standard InChI is InChI=1S/C21H25ClN6O2.C2HF3O2/c1-10-16(22)6-15(19(30-5)17(10)14-7-27(8-14)13(4)29)12(3)28-21-18(11(2)26-28)20(23)24-9-25-21;3-2(4,5)1(6)7/h6,9,12,14H,7-8H2,1-5H3,(H2,23,24,25);(H,6,7). The Hall–Kier alpha value is -3.61. The Labute approximate surface area is 215 Å². The predicted octanol–water partition coefficient (Wildman–Crippen LogP) is 3.88. The van der Waals surface area contributed by atoms with E-state index in [1.807, 2.05) is 36.4 Å². The van der Waals surface area contributed by atoms with Crippen LogP contribution in [0.2, 0.25) is 5.02 Å². The minimum Gasteiger partial charge on any atom is -0.496 e. The van der Waals surface area contributed by atoms with Crippen LogP contribution in [-0.4, -0.2) is 68.0 Å². The summed E-state index contributed by atoms with van der Waals surface area (Å²) in [5.74, 6) is -1.31. The van der Waals surface area contributed by atoms with Crippen LogP contribution in [-0.2, 0) is 9.59 Å². The molecule has 1 fully saturated rings. The number of carbonyl (C=O) groups excluding carboxylic acids is 1. The van der Waals surface area contributed by atoms with Crippen molar-refractivity contribution >= 4 is 40.3 Å². The summed E-state index contributed by atoms with van der Waals surface area (Å²) in [6.45, 7) is 8.82. The Morgan fingerprint density at radius 1 is 1.27 bits per heavy atom. The van der Waals surface area contributed by atoms with Gasteiger partial charge in [-0.25, -0.2) is 19.4 Å². The second kappa shape index (κ2) is 10.4. The van der Waals surface area contributed by atoms with Crippen molar-refractivity contribution in [3.05, 3.63) is 39.8 Å². The van der Waals surface area contributed by atoms with Crippen molar-refractivity contribution in [2.75, 3.05) is 25.9 Å². The Kier molecular flexibility index (Phi) is 7.86. The number of hydrogen-bond acceptors (Lipinski definition) is 7. The largest absolute Gasteiger partial charge is 0.496 e. The number of benzene rings is 1. The minimum absolute atomic E-state index is 0.0780. The molecule has 37 heavy (non-hydrogen) atoms. The second-order valence-electron chi connectivity index (χ2n) is 8.61. The van der Waals surface area contributed by atoms with Crippen molar-refractivity contribution < 1.29 is 32.6 Å². The van der Waals surface area contributed by atoms with Crippen LogP contribution in [0.5, 0.6) is 5.75 Å². The van der Waals surface area contributed by atoms with E-state index < -0.39 is 12.1 Å². The lowest BCUT2D eigenvalue weighted by Gasteiger charge is -2.40. The van der Waals surface area contributed by atoms with Crippen molar-refractivity contribution in [1.82, 2.24) is 24.6 Å². The number of rotatable bonds is 4. The maximum atomic E-state index is 11.7. The first kappa shape index (κ1) is 28.0. The molecule has 14 heteroatoms. The van der Waals surface area contributed by atoms with E-state index in [0.717, 1.165) is 33.5 Å². The zero-order valence-corrected chi connectivity index (χ0v) is 21.5. The van der Waals surface area contributed by atoms with E-state index in [2.05, 4.69) is 15.1 Å². The number of nitrogens with zero attached hydrogens (tertiary/aromatic N) is 5. The summed E-state index contributed by atoms with van der Waals surface area (Å²) in [4.78, 5) is 30.9. The normalized spacial score (nSPS) is 14.6. The average molecular weight is 543 g/mol. The monoisotopic (exact) mass is 542 g/mol. The van der Waals surface area contributed by atoms with Crippen molar-refractivity contribution in [3.63, 3.8) is 0 Å². The molecule has 1 aliphatic heterocycles. The number of alkyl halides is 3. The molecule has 2 aromatic heterocycles. The van der Waals surface area contributed by atoms with Gasteiger partial charge in [0.1, 0.15) is 17.9 Å². The number of hydrogen-bond donors (Lipinski definition) is 2. The van der Waals surface area contributed by atoms with Gasteiger partial charge < -0.3 is 20.5 Å². The summed E-state index contributed by atoms with van der Waals surface area (Å²) in [7, 11) is 1.66. The van der Waals surface area contributed by atoms with Crippen LogP contribution in [0.3, 0.4) is 0 Å². The summed E-state index contributed by atoms with van der Waals surface area (Å²) >= 11 is 6.64. The van der Waals surface area contributed by atoms with E-state index >= 15 is 0 Å². The summed E-state index contributed by atoms with van der Waals surface area (Å²) in [6.07, 6.45) is -3.64.